The summed E-state index contributed by atoms with van der Waals surface area (Å²) in [6.07, 6.45) is 3.66. The van der Waals surface area contributed by atoms with Gasteiger partial charge < -0.3 is 19.0 Å². The SMILES string of the molecule is CC(CC(=O)c1cn(C)c(=O)c2[nH]ccc12)c1ccc2c(c1)OCCO2. The number of ketones is 1. The van der Waals surface area contributed by atoms with Gasteiger partial charge in [-0.1, -0.05) is 13.0 Å². The third-order valence-electron chi connectivity index (χ3n) is 4.82. The first kappa shape index (κ1) is 16.4. The van der Waals surface area contributed by atoms with Crippen molar-refractivity contribution in [3.05, 3.63) is 58.1 Å². The Morgan fingerprint density at radius 2 is 2.00 bits per heavy atom. The molecular weight excluding hydrogens is 332 g/mol. The third kappa shape index (κ3) is 2.77. The zero-order chi connectivity index (χ0) is 18.3. The molecule has 3 heterocycles. The van der Waals surface area contributed by atoms with E-state index in [0.29, 0.717) is 36.1 Å². The molecule has 0 saturated carbocycles. The third-order valence-corrected chi connectivity index (χ3v) is 4.82. The maximum atomic E-state index is 12.9. The van der Waals surface area contributed by atoms with Gasteiger partial charge in [-0.25, -0.2) is 0 Å². The Morgan fingerprint density at radius 1 is 1.23 bits per heavy atom. The number of hydrogen-bond donors (Lipinski definition) is 1. The second-order valence-corrected chi connectivity index (χ2v) is 6.66. The van der Waals surface area contributed by atoms with Gasteiger partial charge in [0.25, 0.3) is 5.56 Å². The molecule has 0 amide bonds. The predicted octanol–water partition coefficient (Wildman–Crippen LogP) is 3.01. The lowest BCUT2D eigenvalue weighted by molar-refractivity contribution is 0.0976. The van der Waals surface area contributed by atoms with Crippen LogP contribution in [0.4, 0.5) is 0 Å². The highest BCUT2D eigenvalue weighted by molar-refractivity contribution is 6.07. The van der Waals surface area contributed by atoms with Crippen molar-refractivity contribution in [2.75, 3.05) is 13.2 Å². The van der Waals surface area contributed by atoms with E-state index in [2.05, 4.69) is 4.98 Å². The number of aromatic amines is 1. The van der Waals surface area contributed by atoms with Crippen molar-refractivity contribution in [2.24, 2.45) is 7.05 Å². The van der Waals surface area contributed by atoms with Gasteiger partial charge in [0.15, 0.2) is 17.3 Å². The van der Waals surface area contributed by atoms with Gasteiger partial charge in [-0.15, -0.1) is 0 Å². The van der Waals surface area contributed by atoms with Gasteiger partial charge in [0.1, 0.15) is 18.7 Å². The number of carbonyl (C=O) groups excluding carboxylic acids is 1. The van der Waals surface area contributed by atoms with Crippen LogP contribution in [0, 0.1) is 0 Å². The standard InChI is InChI=1S/C20H20N2O4/c1-12(13-3-4-17-18(10-13)26-8-7-25-17)9-16(23)15-11-22(2)20(24)19-14(15)5-6-21-19/h3-6,10-12,21H,7-9H2,1-2H3. The molecule has 1 atom stereocenters. The number of nitrogens with zero attached hydrogens (tertiary/aromatic N) is 1. The summed E-state index contributed by atoms with van der Waals surface area (Å²) < 4.78 is 12.6. The van der Waals surface area contributed by atoms with Gasteiger partial charge in [-0.05, 0) is 29.7 Å². The number of rotatable bonds is 4. The van der Waals surface area contributed by atoms with Crippen molar-refractivity contribution in [3.63, 3.8) is 0 Å². The van der Waals surface area contributed by atoms with Gasteiger partial charge >= 0.3 is 0 Å². The van der Waals surface area contributed by atoms with E-state index in [4.69, 9.17) is 9.47 Å². The van der Waals surface area contributed by atoms with E-state index in [1.807, 2.05) is 25.1 Å². The van der Waals surface area contributed by atoms with Crippen molar-refractivity contribution in [3.8, 4) is 11.5 Å². The number of benzene rings is 1. The molecule has 1 aromatic carbocycles. The molecule has 0 fully saturated rings. The van der Waals surface area contributed by atoms with Crippen LogP contribution >= 0.6 is 0 Å². The Hall–Kier alpha value is -3.02. The second kappa shape index (κ2) is 6.37. The molecule has 6 heteroatoms. The molecule has 0 radical (unpaired) electrons. The van der Waals surface area contributed by atoms with Crippen molar-refractivity contribution in [2.45, 2.75) is 19.3 Å². The average molecular weight is 352 g/mol. The van der Waals surface area contributed by atoms with Crippen LogP contribution in [0.25, 0.3) is 10.9 Å². The number of nitrogens with one attached hydrogen (secondary N) is 1. The fourth-order valence-electron chi connectivity index (χ4n) is 3.36. The van der Waals surface area contributed by atoms with Gasteiger partial charge in [0.2, 0.25) is 0 Å². The number of carbonyl (C=O) groups is 1. The maximum absolute atomic E-state index is 12.9. The monoisotopic (exact) mass is 352 g/mol. The van der Waals surface area contributed by atoms with E-state index >= 15 is 0 Å². The summed E-state index contributed by atoms with van der Waals surface area (Å²) in [4.78, 5) is 28.0. The summed E-state index contributed by atoms with van der Waals surface area (Å²) >= 11 is 0. The molecule has 1 N–H and O–H groups in total. The lowest BCUT2D eigenvalue weighted by Crippen LogP contribution is -2.19. The van der Waals surface area contributed by atoms with E-state index in [0.717, 1.165) is 17.1 Å². The number of fused-ring (bicyclic) bond motifs is 2. The summed E-state index contributed by atoms with van der Waals surface area (Å²) in [5.41, 5.74) is 1.91. The lowest BCUT2D eigenvalue weighted by atomic mass is 9.92. The molecule has 4 rings (SSSR count). The van der Waals surface area contributed by atoms with Gasteiger partial charge in [0.05, 0.1) is 0 Å². The number of pyridine rings is 1. The zero-order valence-electron chi connectivity index (χ0n) is 14.7. The smallest absolute Gasteiger partial charge is 0.274 e. The fraction of sp³-hybridized carbons (Fsp3) is 0.300. The fourth-order valence-corrected chi connectivity index (χ4v) is 3.36. The first-order valence-corrected chi connectivity index (χ1v) is 8.64. The van der Waals surface area contributed by atoms with Crippen LogP contribution in [0.5, 0.6) is 11.5 Å². The van der Waals surface area contributed by atoms with Crippen molar-refractivity contribution < 1.29 is 14.3 Å². The molecule has 1 aliphatic heterocycles. The minimum atomic E-state index is -0.138. The van der Waals surface area contributed by atoms with E-state index < -0.39 is 0 Å². The molecule has 2 aromatic heterocycles. The molecule has 0 saturated heterocycles. The van der Waals surface area contributed by atoms with Crippen LogP contribution in [0.15, 0.2) is 41.5 Å². The van der Waals surface area contributed by atoms with E-state index in [1.54, 1.807) is 25.5 Å². The number of H-pyrrole nitrogens is 1. The number of aryl methyl sites for hydroxylation is 1. The normalized spacial score (nSPS) is 14.4. The molecule has 0 aliphatic carbocycles. The van der Waals surface area contributed by atoms with Crippen LogP contribution in [0.2, 0.25) is 0 Å². The van der Waals surface area contributed by atoms with E-state index in [-0.39, 0.29) is 17.3 Å². The quantitative estimate of drug-likeness (QED) is 0.733. The molecular formula is C20H20N2O4. The first-order valence-electron chi connectivity index (χ1n) is 8.64. The van der Waals surface area contributed by atoms with Gasteiger partial charge in [-0.3, -0.25) is 9.59 Å². The highest BCUT2D eigenvalue weighted by atomic mass is 16.6. The Morgan fingerprint density at radius 3 is 2.81 bits per heavy atom. The summed E-state index contributed by atoms with van der Waals surface area (Å²) in [6.45, 7) is 3.10. The summed E-state index contributed by atoms with van der Waals surface area (Å²) in [7, 11) is 1.66. The van der Waals surface area contributed by atoms with Gasteiger partial charge in [0, 0.05) is 36.8 Å². The lowest BCUT2D eigenvalue weighted by Gasteiger charge is -2.20. The Labute approximate surface area is 150 Å². The summed E-state index contributed by atoms with van der Waals surface area (Å²) in [6, 6.07) is 7.58. The van der Waals surface area contributed by atoms with Crippen LogP contribution in [0.1, 0.15) is 35.2 Å². The highest BCUT2D eigenvalue weighted by Gasteiger charge is 2.20. The molecule has 1 aliphatic rings. The van der Waals surface area contributed by atoms with Gasteiger partial charge in [-0.2, -0.15) is 0 Å². The number of Topliss-reactive ketones (excluding diaryl/α,β-unsaturated/α-hetero) is 1. The van der Waals surface area contributed by atoms with E-state index in [9.17, 15) is 9.59 Å². The van der Waals surface area contributed by atoms with Crippen LogP contribution in [-0.2, 0) is 7.05 Å². The molecule has 6 nitrogen and oxygen atoms in total. The topological polar surface area (TPSA) is 73.3 Å². The number of hydrogen-bond acceptors (Lipinski definition) is 4. The predicted molar refractivity (Wildman–Crippen MR) is 98.3 cm³/mol. The number of ether oxygens (including phenoxy) is 2. The molecule has 0 bridgehead atoms. The van der Waals surface area contributed by atoms with Crippen LogP contribution < -0.4 is 15.0 Å². The van der Waals surface area contributed by atoms with Crippen LogP contribution in [0.3, 0.4) is 0 Å². The minimum Gasteiger partial charge on any atom is -0.486 e. The van der Waals surface area contributed by atoms with Crippen molar-refractivity contribution in [1.82, 2.24) is 9.55 Å². The molecule has 134 valence electrons. The summed E-state index contributed by atoms with van der Waals surface area (Å²) in [5.74, 6) is 1.49. The largest absolute Gasteiger partial charge is 0.486 e. The van der Waals surface area contributed by atoms with Crippen molar-refractivity contribution >= 4 is 16.7 Å². The Balaban J connectivity index is 1.61. The molecule has 3 aromatic rings. The van der Waals surface area contributed by atoms with Crippen LogP contribution in [-0.4, -0.2) is 28.5 Å². The van der Waals surface area contributed by atoms with Crippen molar-refractivity contribution in [1.29, 1.82) is 0 Å². The minimum absolute atomic E-state index is 0.00703. The zero-order valence-corrected chi connectivity index (χ0v) is 14.7. The first-order chi connectivity index (χ1) is 12.5. The average Bonchev–Trinajstić information content (AvgIpc) is 3.14. The number of aromatic nitrogens is 2. The van der Waals surface area contributed by atoms with E-state index in [1.165, 1.54) is 4.57 Å². The highest BCUT2D eigenvalue weighted by Crippen LogP contribution is 2.34. The second-order valence-electron chi connectivity index (χ2n) is 6.66. The summed E-state index contributed by atoms with van der Waals surface area (Å²) in [5, 5.41) is 0.674. The Bertz CT molecular complexity index is 1050. The molecule has 26 heavy (non-hydrogen) atoms. The molecule has 0 spiro atoms. The maximum Gasteiger partial charge on any atom is 0.274 e. The Kier molecular flexibility index (Phi) is 4.03. The molecule has 1 unspecified atom stereocenters.